The predicted molar refractivity (Wildman–Crippen MR) is 100 cm³/mol. The monoisotopic (exact) mass is 358 g/mol. The molecule has 5 nitrogen and oxygen atoms in total. The van der Waals surface area contributed by atoms with Crippen LogP contribution in [-0.2, 0) is 9.59 Å². The standard InChI is InChI=1S/C21H30N2O3/c1-22(13-12-19(24)16-6-3-2-4-7-16)20(25)18-10-14-23(15-11-18)21(26)17-8-5-9-17/h2-4,6-7,17-19,24H,5,8-15H2,1H3/t19-/m1/s1. The topological polar surface area (TPSA) is 60.9 Å². The Kier molecular flexibility index (Phi) is 6.30. The fraction of sp³-hybridized carbons (Fsp3) is 0.619. The van der Waals surface area contributed by atoms with E-state index in [0.717, 1.165) is 31.2 Å². The van der Waals surface area contributed by atoms with Crippen molar-refractivity contribution in [3.05, 3.63) is 35.9 Å². The lowest BCUT2D eigenvalue weighted by Gasteiger charge is -2.37. The minimum Gasteiger partial charge on any atom is -0.388 e. The number of amides is 2. The van der Waals surface area contributed by atoms with E-state index >= 15 is 0 Å². The molecule has 0 spiro atoms. The molecule has 1 aliphatic carbocycles. The van der Waals surface area contributed by atoms with Gasteiger partial charge in [-0.15, -0.1) is 0 Å². The lowest BCUT2D eigenvalue weighted by molar-refractivity contribution is -0.143. The van der Waals surface area contributed by atoms with E-state index in [0.29, 0.717) is 32.0 Å². The zero-order valence-electron chi connectivity index (χ0n) is 15.6. The third kappa shape index (κ3) is 4.44. The van der Waals surface area contributed by atoms with Gasteiger partial charge in [0.25, 0.3) is 0 Å². The lowest BCUT2D eigenvalue weighted by atomic mass is 9.83. The van der Waals surface area contributed by atoms with Crippen molar-refractivity contribution in [3.8, 4) is 0 Å². The van der Waals surface area contributed by atoms with Gasteiger partial charge in [0, 0.05) is 38.5 Å². The Morgan fingerprint density at radius 2 is 1.77 bits per heavy atom. The van der Waals surface area contributed by atoms with Gasteiger partial charge in [0.2, 0.25) is 11.8 Å². The van der Waals surface area contributed by atoms with Crippen LogP contribution >= 0.6 is 0 Å². The zero-order valence-corrected chi connectivity index (χ0v) is 15.6. The molecule has 0 unspecified atom stereocenters. The summed E-state index contributed by atoms with van der Waals surface area (Å²) in [5.74, 6) is 0.672. The van der Waals surface area contributed by atoms with Crippen molar-refractivity contribution in [1.82, 2.24) is 9.80 Å². The summed E-state index contributed by atoms with van der Waals surface area (Å²) in [6, 6.07) is 9.55. The normalized spacial score (nSPS) is 19.7. The number of likely N-dealkylation sites (tertiary alicyclic amines) is 1. The summed E-state index contributed by atoms with van der Waals surface area (Å²) >= 11 is 0. The highest BCUT2D eigenvalue weighted by molar-refractivity contribution is 5.81. The van der Waals surface area contributed by atoms with Gasteiger partial charge in [-0.3, -0.25) is 9.59 Å². The second-order valence-electron chi connectivity index (χ2n) is 7.70. The van der Waals surface area contributed by atoms with Gasteiger partial charge in [0.1, 0.15) is 0 Å². The third-order valence-electron chi connectivity index (χ3n) is 5.91. The van der Waals surface area contributed by atoms with Crippen molar-refractivity contribution in [3.63, 3.8) is 0 Å². The summed E-state index contributed by atoms with van der Waals surface area (Å²) < 4.78 is 0. The van der Waals surface area contributed by atoms with Crippen LogP contribution in [0.5, 0.6) is 0 Å². The van der Waals surface area contributed by atoms with Crippen LogP contribution < -0.4 is 0 Å². The van der Waals surface area contributed by atoms with E-state index in [1.807, 2.05) is 42.3 Å². The Morgan fingerprint density at radius 3 is 2.35 bits per heavy atom. The van der Waals surface area contributed by atoms with Crippen LogP contribution in [0.15, 0.2) is 30.3 Å². The third-order valence-corrected chi connectivity index (χ3v) is 5.91. The number of aliphatic hydroxyl groups is 1. The fourth-order valence-corrected chi connectivity index (χ4v) is 3.84. The molecule has 1 aromatic carbocycles. The summed E-state index contributed by atoms with van der Waals surface area (Å²) in [7, 11) is 1.81. The van der Waals surface area contributed by atoms with Gasteiger partial charge in [0.05, 0.1) is 6.10 Å². The molecule has 1 heterocycles. The van der Waals surface area contributed by atoms with E-state index < -0.39 is 6.10 Å². The lowest BCUT2D eigenvalue weighted by Crippen LogP contribution is -2.46. The molecule has 5 heteroatoms. The molecule has 142 valence electrons. The van der Waals surface area contributed by atoms with E-state index in [9.17, 15) is 14.7 Å². The number of hydrogen-bond acceptors (Lipinski definition) is 3. The molecule has 1 aromatic rings. The summed E-state index contributed by atoms with van der Waals surface area (Å²) in [4.78, 5) is 28.7. The van der Waals surface area contributed by atoms with Crippen molar-refractivity contribution < 1.29 is 14.7 Å². The maximum Gasteiger partial charge on any atom is 0.225 e. The summed E-state index contributed by atoms with van der Waals surface area (Å²) in [5.41, 5.74) is 0.885. The van der Waals surface area contributed by atoms with Crippen molar-refractivity contribution in [2.45, 2.75) is 44.6 Å². The molecule has 2 amide bonds. The number of aliphatic hydroxyl groups excluding tert-OH is 1. The summed E-state index contributed by atoms with van der Waals surface area (Å²) in [6.07, 6.45) is 4.73. The van der Waals surface area contributed by atoms with Gasteiger partial charge >= 0.3 is 0 Å². The fourth-order valence-electron chi connectivity index (χ4n) is 3.84. The molecule has 0 aromatic heterocycles. The summed E-state index contributed by atoms with van der Waals surface area (Å²) in [5, 5.41) is 10.3. The van der Waals surface area contributed by atoms with E-state index in [4.69, 9.17) is 0 Å². The first-order valence-corrected chi connectivity index (χ1v) is 9.83. The van der Waals surface area contributed by atoms with Gasteiger partial charge in [0.15, 0.2) is 0 Å². The molecule has 1 atom stereocenters. The SMILES string of the molecule is CN(CC[C@@H](O)c1ccccc1)C(=O)C1CCN(C(=O)C2CCC2)CC1. The molecule has 2 fully saturated rings. The van der Waals surface area contributed by atoms with E-state index in [1.165, 1.54) is 6.42 Å². The number of carbonyl (C=O) groups excluding carboxylic acids is 2. The molecule has 2 aliphatic rings. The average molecular weight is 358 g/mol. The van der Waals surface area contributed by atoms with Crippen LogP contribution in [0, 0.1) is 11.8 Å². The van der Waals surface area contributed by atoms with Crippen molar-refractivity contribution in [1.29, 1.82) is 0 Å². The maximum absolute atomic E-state index is 12.7. The first-order valence-electron chi connectivity index (χ1n) is 9.83. The first kappa shape index (κ1) is 18.9. The number of hydrogen-bond donors (Lipinski definition) is 1. The highest BCUT2D eigenvalue weighted by Gasteiger charge is 2.33. The largest absolute Gasteiger partial charge is 0.388 e. The molecule has 1 N–H and O–H groups in total. The van der Waals surface area contributed by atoms with Crippen LogP contribution in [0.4, 0.5) is 0 Å². The first-order chi connectivity index (χ1) is 12.6. The Hall–Kier alpha value is -1.88. The second kappa shape index (κ2) is 8.67. The smallest absolute Gasteiger partial charge is 0.225 e. The van der Waals surface area contributed by atoms with Gasteiger partial charge in [-0.05, 0) is 37.7 Å². The second-order valence-corrected chi connectivity index (χ2v) is 7.70. The molecule has 1 saturated carbocycles. The molecular weight excluding hydrogens is 328 g/mol. The number of carbonyl (C=O) groups is 2. The van der Waals surface area contributed by atoms with E-state index in [2.05, 4.69) is 0 Å². The Bertz CT molecular complexity index is 607. The summed E-state index contributed by atoms with van der Waals surface area (Å²) in [6.45, 7) is 1.94. The molecule has 0 bridgehead atoms. The Balaban J connectivity index is 1.42. The van der Waals surface area contributed by atoms with Crippen molar-refractivity contribution in [2.75, 3.05) is 26.7 Å². The van der Waals surface area contributed by atoms with E-state index in [1.54, 1.807) is 4.90 Å². The van der Waals surface area contributed by atoms with Gasteiger partial charge in [-0.25, -0.2) is 0 Å². The number of piperidine rings is 1. The van der Waals surface area contributed by atoms with Crippen LogP contribution in [0.2, 0.25) is 0 Å². The Morgan fingerprint density at radius 1 is 1.12 bits per heavy atom. The average Bonchev–Trinajstić information content (AvgIpc) is 2.64. The molecule has 1 saturated heterocycles. The van der Waals surface area contributed by atoms with Crippen LogP contribution in [0.25, 0.3) is 0 Å². The predicted octanol–water partition coefficient (Wildman–Crippen LogP) is 2.61. The Labute approximate surface area is 156 Å². The number of rotatable bonds is 6. The van der Waals surface area contributed by atoms with Gasteiger partial charge < -0.3 is 14.9 Å². The van der Waals surface area contributed by atoms with Crippen LogP contribution in [0.1, 0.15) is 50.2 Å². The van der Waals surface area contributed by atoms with Crippen molar-refractivity contribution in [2.24, 2.45) is 11.8 Å². The number of benzene rings is 1. The van der Waals surface area contributed by atoms with Gasteiger partial charge in [-0.1, -0.05) is 36.8 Å². The molecule has 0 radical (unpaired) electrons. The van der Waals surface area contributed by atoms with Crippen molar-refractivity contribution >= 4 is 11.8 Å². The highest BCUT2D eigenvalue weighted by Crippen LogP contribution is 2.30. The molecule has 3 rings (SSSR count). The number of nitrogens with zero attached hydrogens (tertiary/aromatic N) is 2. The quantitative estimate of drug-likeness (QED) is 0.850. The van der Waals surface area contributed by atoms with Crippen LogP contribution in [-0.4, -0.2) is 53.4 Å². The molecule has 26 heavy (non-hydrogen) atoms. The maximum atomic E-state index is 12.7. The minimum absolute atomic E-state index is 0.000640. The van der Waals surface area contributed by atoms with Gasteiger partial charge in [-0.2, -0.15) is 0 Å². The highest BCUT2D eigenvalue weighted by atomic mass is 16.3. The van der Waals surface area contributed by atoms with E-state index in [-0.39, 0.29) is 17.7 Å². The zero-order chi connectivity index (χ0) is 18.5. The minimum atomic E-state index is -0.548. The molecule has 1 aliphatic heterocycles. The molecular formula is C21H30N2O3. The van der Waals surface area contributed by atoms with Crippen LogP contribution in [0.3, 0.4) is 0 Å².